The fraction of sp³-hybridized carbons (Fsp3) is 0.167. The van der Waals surface area contributed by atoms with Crippen molar-refractivity contribution in [1.29, 1.82) is 0 Å². The monoisotopic (exact) mass is 389 g/mol. The SMILES string of the molecule is COc1ccc(NC(C)=O)cc1NC(=O)Cn1c(=O)oc2ccc(Cl)cc21. The zero-order valence-electron chi connectivity index (χ0n) is 14.5. The summed E-state index contributed by atoms with van der Waals surface area (Å²) in [5, 5.41) is 5.71. The Bertz CT molecular complexity index is 1090. The van der Waals surface area contributed by atoms with Gasteiger partial charge in [0.05, 0.1) is 18.3 Å². The van der Waals surface area contributed by atoms with Crippen molar-refractivity contribution in [3.63, 3.8) is 0 Å². The number of anilines is 2. The fourth-order valence-corrected chi connectivity index (χ4v) is 2.77. The number of nitrogens with one attached hydrogen (secondary N) is 2. The normalized spacial score (nSPS) is 10.6. The molecule has 0 aliphatic carbocycles. The Hall–Kier alpha value is -3.26. The minimum Gasteiger partial charge on any atom is -0.495 e. The van der Waals surface area contributed by atoms with Crippen LogP contribution in [0.1, 0.15) is 6.92 Å². The van der Waals surface area contributed by atoms with Gasteiger partial charge < -0.3 is 19.8 Å². The number of carbonyl (C=O) groups is 2. The number of nitrogens with zero attached hydrogens (tertiary/aromatic N) is 1. The molecular formula is C18H16ClN3O5. The molecule has 0 atom stereocenters. The molecule has 0 spiro atoms. The second-order valence-corrected chi connectivity index (χ2v) is 6.15. The van der Waals surface area contributed by atoms with Crippen LogP contribution in [-0.4, -0.2) is 23.5 Å². The van der Waals surface area contributed by atoms with Crippen molar-refractivity contribution < 1.29 is 18.7 Å². The van der Waals surface area contributed by atoms with Crippen LogP contribution < -0.4 is 21.1 Å². The number of hydrogen-bond acceptors (Lipinski definition) is 5. The van der Waals surface area contributed by atoms with E-state index in [9.17, 15) is 14.4 Å². The van der Waals surface area contributed by atoms with Gasteiger partial charge in [-0.2, -0.15) is 0 Å². The first-order chi connectivity index (χ1) is 12.9. The van der Waals surface area contributed by atoms with Gasteiger partial charge in [0.1, 0.15) is 12.3 Å². The highest BCUT2D eigenvalue weighted by Gasteiger charge is 2.15. The number of aromatic nitrogens is 1. The first kappa shape index (κ1) is 18.5. The summed E-state index contributed by atoms with van der Waals surface area (Å²) in [5.41, 5.74) is 1.60. The predicted octanol–water partition coefficient (Wildman–Crippen LogP) is 2.85. The second-order valence-electron chi connectivity index (χ2n) is 5.71. The lowest BCUT2D eigenvalue weighted by Gasteiger charge is -2.12. The molecule has 3 rings (SSSR count). The molecule has 2 aromatic carbocycles. The lowest BCUT2D eigenvalue weighted by atomic mass is 10.2. The number of carbonyl (C=O) groups excluding carboxylic acids is 2. The highest BCUT2D eigenvalue weighted by atomic mass is 35.5. The number of oxazole rings is 1. The number of ether oxygens (including phenoxy) is 1. The Morgan fingerprint density at radius 1 is 1.19 bits per heavy atom. The van der Waals surface area contributed by atoms with E-state index in [0.29, 0.717) is 33.2 Å². The van der Waals surface area contributed by atoms with Crippen LogP contribution in [0.25, 0.3) is 11.1 Å². The first-order valence-electron chi connectivity index (χ1n) is 7.92. The number of halogens is 1. The standard InChI is InChI=1S/C18H16ClN3O5/c1-10(23)20-12-4-6-15(26-2)13(8-12)21-17(24)9-22-14-7-11(19)3-5-16(14)27-18(22)25/h3-8H,9H2,1-2H3,(H,20,23)(H,21,24). The highest BCUT2D eigenvalue weighted by Crippen LogP contribution is 2.28. The molecule has 0 aliphatic heterocycles. The van der Waals surface area contributed by atoms with Gasteiger partial charge in [-0.25, -0.2) is 4.79 Å². The molecule has 1 heterocycles. The van der Waals surface area contributed by atoms with Gasteiger partial charge in [0.15, 0.2) is 5.58 Å². The molecule has 1 aromatic heterocycles. The van der Waals surface area contributed by atoms with Crippen LogP contribution in [0, 0.1) is 0 Å². The maximum Gasteiger partial charge on any atom is 0.420 e. The van der Waals surface area contributed by atoms with E-state index < -0.39 is 11.7 Å². The van der Waals surface area contributed by atoms with Crippen LogP contribution in [0.15, 0.2) is 45.6 Å². The van der Waals surface area contributed by atoms with E-state index in [1.807, 2.05) is 0 Å². The van der Waals surface area contributed by atoms with Gasteiger partial charge in [-0.1, -0.05) is 11.6 Å². The lowest BCUT2D eigenvalue weighted by molar-refractivity contribution is -0.117. The zero-order valence-corrected chi connectivity index (χ0v) is 15.3. The predicted molar refractivity (Wildman–Crippen MR) is 101 cm³/mol. The van der Waals surface area contributed by atoms with Crippen molar-refractivity contribution in [2.45, 2.75) is 13.5 Å². The van der Waals surface area contributed by atoms with Gasteiger partial charge >= 0.3 is 5.76 Å². The molecule has 27 heavy (non-hydrogen) atoms. The van der Waals surface area contributed by atoms with Crippen molar-refractivity contribution in [3.8, 4) is 5.75 Å². The van der Waals surface area contributed by atoms with Gasteiger partial charge in [-0.3, -0.25) is 14.2 Å². The Morgan fingerprint density at radius 2 is 1.96 bits per heavy atom. The van der Waals surface area contributed by atoms with Crippen LogP contribution in [0.4, 0.5) is 11.4 Å². The highest BCUT2D eigenvalue weighted by molar-refractivity contribution is 6.31. The maximum atomic E-state index is 12.5. The maximum absolute atomic E-state index is 12.5. The third kappa shape index (κ3) is 4.12. The summed E-state index contributed by atoms with van der Waals surface area (Å²) in [5.74, 6) is -0.977. The van der Waals surface area contributed by atoms with Crippen molar-refractivity contribution in [3.05, 3.63) is 52.0 Å². The molecule has 2 N–H and O–H groups in total. The summed E-state index contributed by atoms with van der Waals surface area (Å²) in [7, 11) is 1.46. The fourth-order valence-electron chi connectivity index (χ4n) is 2.61. The van der Waals surface area contributed by atoms with E-state index in [-0.39, 0.29) is 12.5 Å². The topological polar surface area (TPSA) is 103 Å². The van der Waals surface area contributed by atoms with Crippen LogP contribution >= 0.6 is 11.6 Å². The minimum absolute atomic E-state index is 0.245. The summed E-state index contributed by atoms with van der Waals surface area (Å²) >= 11 is 5.96. The molecule has 0 unspecified atom stereocenters. The van der Waals surface area contributed by atoms with E-state index in [1.165, 1.54) is 18.6 Å². The molecule has 0 radical (unpaired) electrons. The quantitative estimate of drug-likeness (QED) is 0.698. The smallest absolute Gasteiger partial charge is 0.420 e. The van der Waals surface area contributed by atoms with E-state index in [1.54, 1.807) is 36.4 Å². The second kappa shape index (κ2) is 7.55. The molecule has 0 saturated carbocycles. The Balaban J connectivity index is 1.86. The van der Waals surface area contributed by atoms with Gasteiger partial charge in [0.25, 0.3) is 0 Å². The van der Waals surface area contributed by atoms with Crippen molar-refractivity contribution in [2.75, 3.05) is 17.7 Å². The van der Waals surface area contributed by atoms with E-state index in [0.717, 1.165) is 0 Å². The molecule has 0 bridgehead atoms. The van der Waals surface area contributed by atoms with Gasteiger partial charge in [-0.15, -0.1) is 0 Å². The van der Waals surface area contributed by atoms with Gasteiger partial charge in [-0.05, 0) is 36.4 Å². The van der Waals surface area contributed by atoms with E-state index in [4.69, 9.17) is 20.8 Å². The van der Waals surface area contributed by atoms with Crippen LogP contribution in [0.2, 0.25) is 5.02 Å². The summed E-state index contributed by atoms with van der Waals surface area (Å²) in [6, 6.07) is 9.52. The number of rotatable bonds is 5. The van der Waals surface area contributed by atoms with Crippen LogP contribution in [-0.2, 0) is 16.1 Å². The van der Waals surface area contributed by atoms with Crippen LogP contribution in [0.3, 0.4) is 0 Å². The lowest BCUT2D eigenvalue weighted by Crippen LogP contribution is -2.25. The molecule has 0 fully saturated rings. The molecule has 0 aliphatic rings. The molecule has 140 valence electrons. The summed E-state index contributed by atoms with van der Waals surface area (Å²) in [6.45, 7) is 1.10. The van der Waals surface area contributed by atoms with Gasteiger partial charge in [0, 0.05) is 17.6 Å². The Kier molecular flexibility index (Phi) is 5.18. The number of fused-ring (bicyclic) bond motifs is 1. The summed E-state index contributed by atoms with van der Waals surface area (Å²) in [4.78, 5) is 35.7. The Labute approximate surface area is 158 Å². The first-order valence-corrected chi connectivity index (χ1v) is 8.29. The molecule has 8 nitrogen and oxygen atoms in total. The average Bonchev–Trinajstić information content (AvgIpc) is 2.90. The third-order valence-corrected chi connectivity index (χ3v) is 3.96. The molecule has 0 saturated heterocycles. The van der Waals surface area contributed by atoms with Crippen molar-refractivity contribution in [1.82, 2.24) is 4.57 Å². The van der Waals surface area contributed by atoms with E-state index >= 15 is 0 Å². The van der Waals surface area contributed by atoms with Crippen molar-refractivity contribution in [2.24, 2.45) is 0 Å². The molecular weight excluding hydrogens is 374 g/mol. The number of benzene rings is 2. The Morgan fingerprint density at radius 3 is 2.67 bits per heavy atom. The number of methoxy groups -OCH3 is 1. The molecule has 3 aromatic rings. The largest absolute Gasteiger partial charge is 0.495 e. The minimum atomic E-state index is -0.665. The van der Waals surface area contributed by atoms with Crippen LogP contribution in [0.5, 0.6) is 5.75 Å². The zero-order chi connectivity index (χ0) is 19.6. The van der Waals surface area contributed by atoms with Crippen molar-refractivity contribution >= 4 is 45.9 Å². The van der Waals surface area contributed by atoms with E-state index in [2.05, 4.69) is 10.6 Å². The molecule has 9 heteroatoms. The van der Waals surface area contributed by atoms with Gasteiger partial charge in [0.2, 0.25) is 11.8 Å². The third-order valence-electron chi connectivity index (χ3n) is 3.73. The summed E-state index contributed by atoms with van der Waals surface area (Å²) < 4.78 is 11.5. The number of amides is 2. The average molecular weight is 390 g/mol. The summed E-state index contributed by atoms with van der Waals surface area (Å²) in [6.07, 6.45) is 0. The number of hydrogen-bond donors (Lipinski definition) is 2. The molecule has 2 amide bonds.